The molecule has 1 atom stereocenters. The first-order valence-electron chi connectivity index (χ1n) is 12.3. The van der Waals surface area contributed by atoms with Crippen LogP contribution < -0.4 is 10.1 Å². The zero-order valence-electron chi connectivity index (χ0n) is 21.4. The molecule has 4 rings (SSSR count). The van der Waals surface area contributed by atoms with Crippen LogP contribution in [0.1, 0.15) is 50.4 Å². The van der Waals surface area contributed by atoms with Gasteiger partial charge in [0, 0.05) is 18.7 Å². The lowest BCUT2D eigenvalue weighted by molar-refractivity contribution is 0.0779. The predicted octanol–water partition coefficient (Wildman–Crippen LogP) is 5.77. The van der Waals surface area contributed by atoms with Crippen LogP contribution in [0.4, 0.5) is 4.79 Å². The molecule has 3 aromatic rings. The van der Waals surface area contributed by atoms with E-state index in [0.29, 0.717) is 19.0 Å². The van der Waals surface area contributed by atoms with Gasteiger partial charge in [0.1, 0.15) is 5.75 Å². The molecular formula is C28H36N4O3. The minimum absolute atomic E-state index is 0.0336. The number of hydrogen-bond acceptors (Lipinski definition) is 4. The van der Waals surface area contributed by atoms with E-state index >= 15 is 0 Å². The van der Waals surface area contributed by atoms with Crippen molar-refractivity contribution in [2.24, 2.45) is 0 Å². The molecule has 7 nitrogen and oxygen atoms in total. The molecule has 0 saturated carbocycles. The topological polar surface area (TPSA) is 68.6 Å². The van der Waals surface area contributed by atoms with Gasteiger partial charge in [0.05, 0.1) is 29.6 Å². The van der Waals surface area contributed by atoms with Gasteiger partial charge in [0.2, 0.25) is 5.88 Å². The van der Waals surface area contributed by atoms with Gasteiger partial charge in [0.25, 0.3) is 0 Å². The molecule has 186 valence electrons. The van der Waals surface area contributed by atoms with Crippen LogP contribution in [0, 0.1) is 13.8 Å². The first kappa shape index (κ1) is 24.8. The lowest BCUT2D eigenvalue weighted by Crippen LogP contribution is -2.50. The maximum absolute atomic E-state index is 13.3. The number of nitrogens with zero attached hydrogens (tertiary/aromatic N) is 3. The number of carbonyl (C=O) groups is 1. The Balaban J connectivity index is 1.72. The fourth-order valence-electron chi connectivity index (χ4n) is 4.20. The fourth-order valence-corrected chi connectivity index (χ4v) is 4.20. The Morgan fingerprint density at radius 3 is 2.60 bits per heavy atom. The second-order valence-electron chi connectivity index (χ2n) is 10.2. The van der Waals surface area contributed by atoms with E-state index < -0.39 is 0 Å². The Labute approximate surface area is 208 Å². The molecule has 2 aromatic carbocycles. The van der Waals surface area contributed by atoms with Crippen molar-refractivity contribution < 1.29 is 14.3 Å². The van der Waals surface area contributed by atoms with E-state index in [2.05, 4.69) is 5.32 Å². The van der Waals surface area contributed by atoms with Crippen LogP contribution in [0.15, 0.2) is 54.6 Å². The molecule has 2 heterocycles. The summed E-state index contributed by atoms with van der Waals surface area (Å²) in [6.07, 6.45) is 2.01. The van der Waals surface area contributed by atoms with Gasteiger partial charge < -0.3 is 19.7 Å². The Hall–Kier alpha value is -3.32. The van der Waals surface area contributed by atoms with Crippen LogP contribution in [0.25, 0.3) is 5.69 Å². The molecule has 1 saturated heterocycles. The van der Waals surface area contributed by atoms with Crippen LogP contribution in [0.5, 0.6) is 11.6 Å². The zero-order chi connectivity index (χ0) is 25.0. The maximum Gasteiger partial charge on any atom is 0.318 e. The molecule has 2 amide bonds. The maximum atomic E-state index is 13.3. The third-order valence-electron chi connectivity index (χ3n) is 5.91. The molecule has 1 fully saturated rings. The smallest absolute Gasteiger partial charge is 0.318 e. The predicted molar refractivity (Wildman–Crippen MR) is 137 cm³/mol. The average Bonchev–Trinajstić information content (AvgIpc) is 3.41. The van der Waals surface area contributed by atoms with Crippen LogP contribution in [0.2, 0.25) is 0 Å². The average molecular weight is 477 g/mol. The van der Waals surface area contributed by atoms with Crippen molar-refractivity contribution in [3.05, 3.63) is 71.4 Å². The molecule has 0 aliphatic carbocycles. The third-order valence-corrected chi connectivity index (χ3v) is 5.91. The van der Waals surface area contributed by atoms with Gasteiger partial charge >= 0.3 is 6.03 Å². The van der Waals surface area contributed by atoms with Gasteiger partial charge in [-0.05, 0) is 77.3 Å². The van der Waals surface area contributed by atoms with E-state index in [4.69, 9.17) is 14.6 Å². The number of urea groups is 1. The number of amides is 2. The molecule has 35 heavy (non-hydrogen) atoms. The van der Waals surface area contributed by atoms with Crippen LogP contribution in [-0.4, -0.2) is 45.5 Å². The summed E-state index contributed by atoms with van der Waals surface area (Å²) >= 11 is 0. The van der Waals surface area contributed by atoms with E-state index in [1.165, 1.54) is 0 Å². The normalized spacial score (nSPS) is 15.7. The molecular weight excluding hydrogens is 440 g/mol. The first-order chi connectivity index (χ1) is 16.7. The summed E-state index contributed by atoms with van der Waals surface area (Å²) in [4.78, 5) is 15.2. The highest BCUT2D eigenvalue weighted by Crippen LogP contribution is 2.32. The van der Waals surface area contributed by atoms with Gasteiger partial charge in [-0.3, -0.25) is 0 Å². The Bertz CT molecular complexity index is 1140. The standard InChI is InChI=1S/C28H36N4O3/c1-20-11-9-14-23(17-20)35-26-25(21(2)30-32(26)22-12-7-6-8-13-22)19-31(18-24-15-10-16-34-24)27(33)29-28(3,4)5/h6-9,11-14,17,24H,10,15-16,18-19H2,1-5H3,(H,29,33)/t24-/m0/s1. The van der Waals surface area contributed by atoms with E-state index in [9.17, 15) is 4.79 Å². The van der Waals surface area contributed by atoms with E-state index in [0.717, 1.165) is 47.7 Å². The number of para-hydroxylation sites is 1. The van der Waals surface area contributed by atoms with Crippen LogP contribution >= 0.6 is 0 Å². The SMILES string of the molecule is Cc1cccc(Oc2c(CN(C[C@@H]3CCCO3)C(=O)NC(C)(C)C)c(C)nn2-c2ccccc2)c1. The number of aryl methyl sites for hydroxylation is 2. The Morgan fingerprint density at radius 1 is 1.17 bits per heavy atom. The second-order valence-corrected chi connectivity index (χ2v) is 10.2. The van der Waals surface area contributed by atoms with Crippen molar-refractivity contribution in [2.75, 3.05) is 13.2 Å². The van der Waals surface area contributed by atoms with Crippen LogP contribution in [-0.2, 0) is 11.3 Å². The van der Waals surface area contributed by atoms with Gasteiger partial charge in [0.15, 0.2) is 0 Å². The van der Waals surface area contributed by atoms with Crippen molar-refractivity contribution >= 4 is 6.03 Å². The first-order valence-corrected chi connectivity index (χ1v) is 12.3. The number of carbonyl (C=O) groups excluding carboxylic acids is 1. The second kappa shape index (κ2) is 10.5. The lowest BCUT2D eigenvalue weighted by atomic mass is 10.1. The fraction of sp³-hybridized carbons (Fsp3) is 0.429. The number of aromatic nitrogens is 2. The summed E-state index contributed by atoms with van der Waals surface area (Å²) in [7, 11) is 0. The van der Waals surface area contributed by atoms with E-state index in [1.54, 1.807) is 0 Å². The Kier molecular flexibility index (Phi) is 7.45. The quantitative estimate of drug-likeness (QED) is 0.470. The van der Waals surface area contributed by atoms with Crippen LogP contribution in [0.3, 0.4) is 0 Å². The molecule has 0 unspecified atom stereocenters. The number of ether oxygens (including phenoxy) is 2. The summed E-state index contributed by atoms with van der Waals surface area (Å²) in [6.45, 7) is 11.6. The van der Waals surface area contributed by atoms with E-state index in [-0.39, 0.29) is 17.7 Å². The monoisotopic (exact) mass is 476 g/mol. The highest BCUT2D eigenvalue weighted by Gasteiger charge is 2.28. The highest BCUT2D eigenvalue weighted by molar-refractivity contribution is 5.75. The molecule has 1 aliphatic rings. The minimum Gasteiger partial charge on any atom is -0.439 e. The minimum atomic E-state index is -0.351. The van der Waals surface area contributed by atoms with E-state index in [1.807, 2.05) is 98.8 Å². The zero-order valence-corrected chi connectivity index (χ0v) is 21.4. The largest absolute Gasteiger partial charge is 0.439 e. The Morgan fingerprint density at radius 2 is 1.94 bits per heavy atom. The van der Waals surface area contributed by atoms with Gasteiger partial charge in [-0.25, -0.2) is 9.48 Å². The highest BCUT2D eigenvalue weighted by atomic mass is 16.5. The van der Waals surface area contributed by atoms with Crippen molar-refractivity contribution in [2.45, 2.75) is 65.6 Å². The number of hydrogen-bond donors (Lipinski definition) is 1. The molecule has 0 bridgehead atoms. The number of nitrogens with one attached hydrogen (secondary N) is 1. The molecule has 1 aromatic heterocycles. The summed E-state index contributed by atoms with van der Waals surface area (Å²) < 4.78 is 14.1. The molecule has 0 spiro atoms. The van der Waals surface area contributed by atoms with Crippen molar-refractivity contribution in [3.63, 3.8) is 0 Å². The third kappa shape index (κ3) is 6.42. The summed E-state index contributed by atoms with van der Waals surface area (Å²) in [5.74, 6) is 1.34. The van der Waals surface area contributed by atoms with Gasteiger partial charge in [-0.2, -0.15) is 5.10 Å². The van der Waals surface area contributed by atoms with Crippen molar-refractivity contribution in [1.29, 1.82) is 0 Å². The molecule has 1 aliphatic heterocycles. The summed E-state index contributed by atoms with van der Waals surface area (Å²) in [5.41, 5.74) is 3.34. The molecule has 7 heteroatoms. The van der Waals surface area contributed by atoms with Crippen molar-refractivity contribution in [3.8, 4) is 17.3 Å². The number of benzene rings is 2. The van der Waals surface area contributed by atoms with Crippen molar-refractivity contribution in [1.82, 2.24) is 20.0 Å². The number of rotatable bonds is 7. The molecule has 1 N–H and O–H groups in total. The molecule has 0 radical (unpaired) electrons. The summed E-state index contributed by atoms with van der Waals surface area (Å²) in [6, 6.07) is 17.7. The van der Waals surface area contributed by atoms with Gasteiger partial charge in [-0.1, -0.05) is 30.3 Å². The summed E-state index contributed by atoms with van der Waals surface area (Å²) in [5, 5.41) is 7.93. The lowest BCUT2D eigenvalue weighted by Gasteiger charge is -2.30. The van der Waals surface area contributed by atoms with Gasteiger partial charge in [-0.15, -0.1) is 0 Å².